The number of carbonyl (C=O) groups is 2. The Hall–Kier alpha value is -3.43. The van der Waals surface area contributed by atoms with Gasteiger partial charge in [0.2, 0.25) is 5.82 Å². The maximum absolute atomic E-state index is 12.0. The smallest absolute Gasteiger partial charge is 0.412 e. The van der Waals surface area contributed by atoms with E-state index in [-0.39, 0.29) is 29.7 Å². The monoisotopic (exact) mass is 361 g/mol. The lowest BCUT2D eigenvalue weighted by Crippen LogP contribution is -2.31. The molecule has 26 heavy (non-hydrogen) atoms. The van der Waals surface area contributed by atoms with Crippen molar-refractivity contribution in [1.29, 1.82) is 0 Å². The third kappa shape index (κ3) is 4.35. The molecule has 0 fully saturated rings. The number of nitrogens with one attached hydrogen (secondary N) is 2. The highest BCUT2D eigenvalue weighted by Crippen LogP contribution is 2.33. The summed E-state index contributed by atoms with van der Waals surface area (Å²) in [4.78, 5) is 38.0. The molecule has 1 aromatic heterocycles. The normalized spacial score (nSPS) is 16.8. The van der Waals surface area contributed by atoms with Crippen molar-refractivity contribution in [3.05, 3.63) is 40.5 Å². The second-order valence-corrected chi connectivity index (χ2v) is 5.50. The summed E-state index contributed by atoms with van der Waals surface area (Å²) in [5.41, 5.74) is 5.28. The molecule has 1 aliphatic rings. The van der Waals surface area contributed by atoms with Crippen LogP contribution in [0.25, 0.3) is 0 Å². The zero-order valence-electron chi connectivity index (χ0n) is 14.3. The van der Waals surface area contributed by atoms with Gasteiger partial charge in [0, 0.05) is 12.1 Å². The molecule has 0 aliphatic heterocycles. The molecule has 4 N–H and O–H groups in total. The van der Waals surface area contributed by atoms with Crippen LogP contribution in [-0.4, -0.2) is 34.4 Å². The van der Waals surface area contributed by atoms with Gasteiger partial charge in [0.25, 0.3) is 0 Å². The van der Waals surface area contributed by atoms with Crippen molar-refractivity contribution in [3.8, 4) is 0 Å². The van der Waals surface area contributed by atoms with Gasteiger partial charge < -0.3 is 15.8 Å². The molecule has 0 bridgehead atoms. The molecule has 1 aliphatic carbocycles. The quantitative estimate of drug-likeness (QED) is 0.516. The highest BCUT2D eigenvalue weighted by molar-refractivity contribution is 5.95. The van der Waals surface area contributed by atoms with E-state index < -0.39 is 28.7 Å². The van der Waals surface area contributed by atoms with Crippen LogP contribution in [0.1, 0.15) is 13.8 Å². The first-order valence-corrected chi connectivity index (χ1v) is 7.87. The summed E-state index contributed by atoms with van der Waals surface area (Å²) < 4.78 is 4.75. The van der Waals surface area contributed by atoms with Crippen LogP contribution in [0.3, 0.4) is 0 Å². The Morgan fingerprint density at radius 3 is 2.85 bits per heavy atom. The van der Waals surface area contributed by atoms with Gasteiger partial charge in [-0.1, -0.05) is 18.2 Å². The van der Waals surface area contributed by atoms with Crippen molar-refractivity contribution in [1.82, 2.24) is 4.98 Å². The van der Waals surface area contributed by atoms with E-state index in [1.165, 1.54) is 12.1 Å². The van der Waals surface area contributed by atoms with E-state index in [4.69, 9.17) is 10.5 Å². The van der Waals surface area contributed by atoms with Crippen molar-refractivity contribution < 1.29 is 19.2 Å². The molecular weight excluding hydrogens is 342 g/mol. The number of nitro groups is 1. The number of anilines is 3. The van der Waals surface area contributed by atoms with Gasteiger partial charge in [-0.2, -0.15) is 0 Å². The zero-order valence-corrected chi connectivity index (χ0v) is 14.3. The second kappa shape index (κ2) is 8.10. The number of nitrogens with zero attached hydrogens (tertiary/aromatic N) is 2. The molecule has 0 aromatic carbocycles. The zero-order chi connectivity index (χ0) is 19.3. The Labute approximate surface area is 149 Å². The predicted octanol–water partition coefficient (Wildman–Crippen LogP) is 2.25. The Morgan fingerprint density at radius 1 is 1.50 bits per heavy atom. The van der Waals surface area contributed by atoms with Crippen LogP contribution in [0, 0.1) is 16.0 Å². The third-order valence-corrected chi connectivity index (χ3v) is 3.65. The molecule has 0 saturated carbocycles. The largest absolute Gasteiger partial charge is 0.450 e. The average Bonchev–Trinajstić information content (AvgIpc) is 2.54. The molecule has 0 radical (unpaired) electrons. The van der Waals surface area contributed by atoms with Gasteiger partial charge in [0.1, 0.15) is 11.5 Å². The minimum absolute atomic E-state index is 0.00772. The number of allylic oxidation sites excluding steroid dienone is 3. The fourth-order valence-electron chi connectivity index (χ4n) is 2.48. The number of pyridine rings is 1. The van der Waals surface area contributed by atoms with Crippen LogP contribution in [-0.2, 0) is 9.53 Å². The molecule has 2 unspecified atom stereocenters. The molecule has 1 heterocycles. The molecular formula is C16H19N5O5. The molecule has 10 heteroatoms. The first-order chi connectivity index (χ1) is 12.3. The minimum atomic E-state index is -0.761. The van der Waals surface area contributed by atoms with Crippen LogP contribution in [0.4, 0.5) is 27.8 Å². The number of amides is 1. The van der Waals surface area contributed by atoms with Crippen LogP contribution < -0.4 is 16.4 Å². The number of carbonyl (C=O) groups excluding carboxylic acids is 2. The van der Waals surface area contributed by atoms with Gasteiger partial charge in [0.05, 0.1) is 17.4 Å². The number of ketones is 1. The van der Waals surface area contributed by atoms with E-state index in [2.05, 4.69) is 15.6 Å². The number of aromatic nitrogens is 1. The second-order valence-electron chi connectivity index (χ2n) is 5.50. The number of nitrogen functional groups attached to an aromatic ring is 1. The fourth-order valence-corrected chi connectivity index (χ4v) is 2.48. The summed E-state index contributed by atoms with van der Waals surface area (Å²) in [6.07, 6.45) is 5.73. The SMILES string of the molecule is CCOC(=O)Nc1cc(NC(C)C2C=CC=CC2=O)c([N+](=O)[O-])c(N)n1. The van der Waals surface area contributed by atoms with Gasteiger partial charge in [-0.3, -0.25) is 20.2 Å². The molecule has 2 atom stereocenters. The van der Waals surface area contributed by atoms with Crippen LogP contribution in [0.2, 0.25) is 0 Å². The van der Waals surface area contributed by atoms with Crippen LogP contribution in [0.15, 0.2) is 30.4 Å². The topological polar surface area (TPSA) is 149 Å². The predicted molar refractivity (Wildman–Crippen MR) is 95.8 cm³/mol. The van der Waals surface area contributed by atoms with Crippen molar-refractivity contribution in [3.63, 3.8) is 0 Å². The van der Waals surface area contributed by atoms with Crippen molar-refractivity contribution >= 4 is 34.9 Å². The summed E-state index contributed by atoms with van der Waals surface area (Å²) >= 11 is 0. The average molecular weight is 361 g/mol. The van der Waals surface area contributed by atoms with E-state index in [9.17, 15) is 19.7 Å². The van der Waals surface area contributed by atoms with E-state index >= 15 is 0 Å². The Balaban J connectivity index is 2.31. The summed E-state index contributed by atoms with van der Waals surface area (Å²) in [7, 11) is 0. The lowest BCUT2D eigenvalue weighted by Gasteiger charge is -2.22. The fraction of sp³-hybridized carbons (Fsp3) is 0.312. The first kappa shape index (κ1) is 18.9. The number of hydrogen-bond acceptors (Lipinski definition) is 8. The maximum Gasteiger partial charge on any atom is 0.412 e. The molecule has 0 saturated heterocycles. The van der Waals surface area contributed by atoms with Gasteiger partial charge in [-0.25, -0.2) is 9.78 Å². The summed E-state index contributed by atoms with van der Waals surface area (Å²) in [6, 6.07) is 0.814. The lowest BCUT2D eigenvalue weighted by molar-refractivity contribution is -0.383. The van der Waals surface area contributed by atoms with E-state index in [0.717, 1.165) is 0 Å². The Bertz CT molecular complexity index is 789. The van der Waals surface area contributed by atoms with Gasteiger partial charge in [-0.15, -0.1) is 0 Å². The number of nitrogens with two attached hydrogens (primary N) is 1. The molecule has 138 valence electrons. The molecule has 0 spiro atoms. The third-order valence-electron chi connectivity index (χ3n) is 3.65. The van der Waals surface area contributed by atoms with Gasteiger partial charge in [-0.05, 0) is 19.9 Å². The molecule has 1 amide bonds. The molecule has 2 rings (SSSR count). The van der Waals surface area contributed by atoms with E-state index in [0.29, 0.717) is 0 Å². The Kier molecular flexibility index (Phi) is 5.89. The van der Waals surface area contributed by atoms with Crippen molar-refractivity contribution in [2.24, 2.45) is 5.92 Å². The van der Waals surface area contributed by atoms with Crippen molar-refractivity contribution in [2.45, 2.75) is 19.9 Å². The molecule has 1 aromatic rings. The lowest BCUT2D eigenvalue weighted by atomic mass is 9.92. The number of ether oxygens (including phenoxy) is 1. The number of rotatable bonds is 6. The first-order valence-electron chi connectivity index (χ1n) is 7.87. The van der Waals surface area contributed by atoms with Gasteiger partial charge in [0.15, 0.2) is 5.78 Å². The van der Waals surface area contributed by atoms with E-state index in [1.807, 2.05) is 0 Å². The van der Waals surface area contributed by atoms with E-state index in [1.54, 1.807) is 32.1 Å². The highest BCUT2D eigenvalue weighted by Gasteiger charge is 2.27. The van der Waals surface area contributed by atoms with Crippen LogP contribution >= 0.6 is 0 Å². The Morgan fingerprint density at radius 2 is 2.23 bits per heavy atom. The summed E-state index contributed by atoms with van der Waals surface area (Å²) in [6.45, 7) is 3.50. The van der Waals surface area contributed by atoms with Crippen molar-refractivity contribution in [2.75, 3.05) is 23.0 Å². The van der Waals surface area contributed by atoms with Gasteiger partial charge >= 0.3 is 11.8 Å². The standard InChI is InChI=1S/C16H19N5O5/c1-3-26-16(23)20-13-8-11(14(21(24)25)15(17)19-13)18-9(2)10-6-4-5-7-12(10)22/h4-10H,3H2,1-2H3,(H4,17,18,19,20,23). The number of hydrogen-bond donors (Lipinski definition) is 3. The summed E-state index contributed by atoms with van der Waals surface area (Å²) in [5, 5.41) is 16.6. The maximum atomic E-state index is 12.0. The minimum Gasteiger partial charge on any atom is -0.450 e. The molecule has 10 nitrogen and oxygen atoms in total. The summed E-state index contributed by atoms with van der Waals surface area (Å²) in [5.74, 6) is -0.992. The highest BCUT2D eigenvalue weighted by atomic mass is 16.6. The van der Waals surface area contributed by atoms with Crippen LogP contribution in [0.5, 0.6) is 0 Å².